The highest BCUT2D eigenvalue weighted by atomic mass is 32.2. The van der Waals surface area contributed by atoms with Gasteiger partial charge in [0, 0.05) is 51.0 Å². The maximum absolute atomic E-state index is 12.6. The van der Waals surface area contributed by atoms with Crippen molar-refractivity contribution < 1.29 is 4.21 Å². The van der Waals surface area contributed by atoms with E-state index in [9.17, 15) is 4.21 Å². The van der Waals surface area contributed by atoms with Gasteiger partial charge in [0.15, 0.2) is 5.82 Å². The third kappa shape index (κ3) is 3.37. The van der Waals surface area contributed by atoms with E-state index in [2.05, 4.69) is 57.8 Å². The number of nitrogens with zero attached hydrogens (tertiary/aromatic N) is 5. The molecule has 3 heterocycles. The topological polar surface area (TPSA) is 88.8 Å². The molecule has 0 aliphatic rings. The highest BCUT2D eigenvalue weighted by Crippen LogP contribution is 2.41. The van der Waals surface area contributed by atoms with Crippen LogP contribution < -0.4 is 0 Å². The number of rotatable bonds is 3. The molecule has 0 saturated heterocycles. The molecule has 1 N–H and O–H groups in total. The van der Waals surface area contributed by atoms with Gasteiger partial charge in [-0.05, 0) is 41.1 Å². The van der Waals surface area contributed by atoms with Crippen molar-refractivity contribution in [3.8, 4) is 11.1 Å². The van der Waals surface area contributed by atoms with Crippen molar-refractivity contribution in [1.29, 1.82) is 0 Å². The van der Waals surface area contributed by atoms with Crippen molar-refractivity contribution in [3.63, 3.8) is 0 Å². The monoisotopic (exact) mass is 432 g/mol. The Morgan fingerprint density at radius 2 is 1.87 bits per heavy atom. The fourth-order valence-corrected chi connectivity index (χ4v) is 4.63. The van der Waals surface area contributed by atoms with Crippen LogP contribution in [0.1, 0.15) is 25.5 Å². The molecule has 0 bridgehead atoms. The van der Waals surface area contributed by atoms with Crippen LogP contribution in [0.5, 0.6) is 0 Å². The summed E-state index contributed by atoms with van der Waals surface area (Å²) in [4.78, 5) is 4.94. The molecule has 0 aliphatic heterocycles. The van der Waals surface area contributed by atoms with Crippen molar-refractivity contribution in [1.82, 2.24) is 25.0 Å². The maximum Gasteiger partial charge on any atom is 0.169 e. The Hall–Kier alpha value is -3.26. The predicted molar refractivity (Wildman–Crippen MR) is 127 cm³/mol. The van der Waals surface area contributed by atoms with Gasteiger partial charge >= 0.3 is 0 Å². The quantitative estimate of drug-likeness (QED) is 0.427. The van der Waals surface area contributed by atoms with E-state index in [-0.39, 0.29) is 5.92 Å². The summed E-state index contributed by atoms with van der Waals surface area (Å²) in [6.45, 7) is 4.24. The van der Waals surface area contributed by atoms with Crippen molar-refractivity contribution in [2.45, 2.75) is 19.8 Å². The van der Waals surface area contributed by atoms with E-state index in [1.54, 1.807) is 12.5 Å². The Morgan fingerprint density at radius 1 is 1.06 bits per heavy atom. The molecule has 0 spiro atoms. The van der Waals surface area contributed by atoms with Gasteiger partial charge in [-0.3, -0.25) is 9.78 Å². The van der Waals surface area contributed by atoms with E-state index >= 15 is 0 Å². The fraction of sp³-hybridized carbons (Fsp3) is 0.261. The smallest absolute Gasteiger partial charge is 0.169 e. The number of H-pyrrole nitrogens is 1. The molecule has 0 radical (unpaired) electrons. The van der Waals surface area contributed by atoms with Gasteiger partial charge in [0.1, 0.15) is 0 Å². The summed E-state index contributed by atoms with van der Waals surface area (Å²) in [7, 11) is -0.437. The van der Waals surface area contributed by atoms with Crippen molar-refractivity contribution >= 4 is 48.1 Å². The van der Waals surface area contributed by atoms with Crippen LogP contribution in [0.3, 0.4) is 0 Å². The maximum atomic E-state index is 12.6. The zero-order valence-corrected chi connectivity index (χ0v) is 19.0. The SMILES string of the molecule is CC(C)c1nc(N=S(C)(C)=O)c2cc3[nH]ncc3cc2c1-c1ccc2c(cnn2C)c1. The summed E-state index contributed by atoms with van der Waals surface area (Å²) in [6, 6.07) is 10.5. The average molecular weight is 433 g/mol. The van der Waals surface area contributed by atoms with Gasteiger partial charge in [0.05, 0.1) is 29.1 Å². The van der Waals surface area contributed by atoms with Crippen molar-refractivity contribution in [2.24, 2.45) is 11.4 Å². The molecule has 0 saturated carbocycles. The number of aromatic nitrogens is 5. The molecule has 5 rings (SSSR count). The summed E-state index contributed by atoms with van der Waals surface area (Å²) in [6.07, 6.45) is 6.96. The van der Waals surface area contributed by atoms with E-state index in [4.69, 9.17) is 4.98 Å². The first-order valence-electron chi connectivity index (χ1n) is 10.1. The number of benzene rings is 2. The second-order valence-corrected chi connectivity index (χ2v) is 11.1. The van der Waals surface area contributed by atoms with E-state index in [0.29, 0.717) is 5.82 Å². The standard InChI is InChI=1S/C23H24N6OS/c1-13(2)22-21(14-6-7-20-16(8-14)12-25-29(20)3)17-9-15-11-24-27-19(15)10-18(17)23(26-22)28-31(4,5)30/h6-13H,1-5H3,(H,24,27). The molecule has 8 heteroatoms. The Morgan fingerprint density at radius 3 is 2.61 bits per heavy atom. The fourth-order valence-electron chi connectivity index (χ4n) is 4.07. The summed E-state index contributed by atoms with van der Waals surface area (Å²) < 4.78 is 18.9. The molecule has 31 heavy (non-hydrogen) atoms. The van der Waals surface area contributed by atoms with Gasteiger partial charge in [-0.2, -0.15) is 14.6 Å². The Labute approximate surface area is 180 Å². The molecular weight excluding hydrogens is 408 g/mol. The van der Waals surface area contributed by atoms with Gasteiger partial charge in [-0.1, -0.05) is 19.9 Å². The highest BCUT2D eigenvalue weighted by molar-refractivity contribution is 7.92. The van der Waals surface area contributed by atoms with E-state index in [1.807, 2.05) is 30.2 Å². The van der Waals surface area contributed by atoms with E-state index in [1.165, 1.54) is 0 Å². The molecule has 5 aromatic rings. The number of aryl methyl sites for hydroxylation is 1. The van der Waals surface area contributed by atoms with Crippen LogP contribution >= 0.6 is 0 Å². The first-order valence-corrected chi connectivity index (χ1v) is 12.4. The molecule has 0 amide bonds. The Bertz CT molecular complexity index is 1590. The second-order valence-electron chi connectivity index (χ2n) is 8.52. The zero-order valence-electron chi connectivity index (χ0n) is 18.2. The minimum absolute atomic E-state index is 0.155. The molecule has 0 fully saturated rings. The number of fused-ring (bicyclic) bond motifs is 3. The zero-order chi connectivity index (χ0) is 21.9. The number of hydrogen-bond acceptors (Lipinski definition) is 5. The predicted octanol–water partition coefficient (Wildman–Crippen LogP) is 5.15. The molecule has 3 aromatic heterocycles. The van der Waals surface area contributed by atoms with Crippen molar-refractivity contribution in [3.05, 3.63) is 48.4 Å². The third-order valence-electron chi connectivity index (χ3n) is 5.46. The lowest BCUT2D eigenvalue weighted by molar-refractivity contribution is 0.684. The minimum Gasteiger partial charge on any atom is -0.278 e. The van der Waals surface area contributed by atoms with Gasteiger partial charge < -0.3 is 0 Å². The second kappa shape index (κ2) is 6.88. The largest absolute Gasteiger partial charge is 0.278 e. The summed E-state index contributed by atoms with van der Waals surface area (Å²) in [5, 5.41) is 15.6. The van der Waals surface area contributed by atoms with Crippen molar-refractivity contribution in [2.75, 3.05) is 12.5 Å². The molecular formula is C23H24N6OS. The van der Waals surface area contributed by atoms with E-state index in [0.717, 1.165) is 49.4 Å². The highest BCUT2D eigenvalue weighted by Gasteiger charge is 2.20. The first-order chi connectivity index (χ1) is 14.7. The number of nitrogens with one attached hydrogen (secondary N) is 1. The van der Waals surface area contributed by atoms with Gasteiger partial charge in [0.25, 0.3) is 0 Å². The molecule has 158 valence electrons. The van der Waals surface area contributed by atoms with Crippen LogP contribution in [-0.2, 0) is 16.8 Å². The number of aromatic amines is 1. The Kier molecular flexibility index (Phi) is 4.37. The lowest BCUT2D eigenvalue weighted by Gasteiger charge is -2.17. The first kappa shape index (κ1) is 19.7. The normalized spacial score (nSPS) is 12.5. The molecule has 0 unspecified atom stereocenters. The summed E-state index contributed by atoms with van der Waals surface area (Å²) >= 11 is 0. The van der Waals surface area contributed by atoms with Crippen LogP contribution in [-0.4, -0.2) is 41.7 Å². The summed E-state index contributed by atoms with van der Waals surface area (Å²) in [5.74, 6) is 0.666. The number of pyridine rings is 1. The average Bonchev–Trinajstić information content (AvgIpc) is 3.31. The molecule has 2 aromatic carbocycles. The number of hydrogen-bond donors (Lipinski definition) is 1. The van der Waals surface area contributed by atoms with Crippen LogP contribution in [0.2, 0.25) is 0 Å². The lowest BCUT2D eigenvalue weighted by Crippen LogP contribution is -2.00. The molecule has 0 aliphatic carbocycles. The van der Waals surface area contributed by atoms with Crippen LogP contribution in [0.15, 0.2) is 47.1 Å². The Balaban J connectivity index is 1.95. The van der Waals surface area contributed by atoms with Gasteiger partial charge in [-0.25, -0.2) is 9.19 Å². The molecule has 0 atom stereocenters. The van der Waals surface area contributed by atoms with Crippen LogP contribution in [0.25, 0.3) is 43.7 Å². The third-order valence-corrected chi connectivity index (χ3v) is 6.07. The van der Waals surface area contributed by atoms with Gasteiger partial charge in [0.2, 0.25) is 0 Å². The minimum atomic E-state index is -2.38. The summed E-state index contributed by atoms with van der Waals surface area (Å²) in [5.41, 5.74) is 5.05. The lowest BCUT2D eigenvalue weighted by atomic mass is 9.91. The van der Waals surface area contributed by atoms with Crippen LogP contribution in [0.4, 0.5) is 5.82 Å². The van der Waals surface area contributed by atoms with E-state index < -0.39 is 9.73 Å². The van der Waals surface area contributed by atoms with Gasteiger partial charge in [-0.15, -0.1) is 0 Å². The van der Waals surface area contributed by atoms with Crippen LogP contribution in [0, 0.1) is 0 Å². The molecule has 7 nitrogen and oxygen atoms in total.